The van der Waals surface area contributed by atoms with Gasteiger partial charge in [0, 0.05) is 17.0 Å². The van der Waals surface area contributed by atoms with Crippen LogP contribution >= 0.6 is 11.3 Å². The van der Waals surface area contributed by atoms with Crippen LogP contribution < -0.4 is 4.74 Å². The zero-order valence-electron chi connectivity index (χ0n) is 14.4. The van der Waals surface area contributed by atoms with E-state index in [1.807, 2.05) is 19.1 Å². The van der Waals surface area contributed by atoms with Crippen molar-refractivity contribution < 1.29 is 19.0 Å². The van der Waals surface area contributed by atoms with E-state index in [4.69, 9.17) is 4.74 Å². The van der Waals surface area contributed by atoms with Gasteiger partial charge < -0.3 is 9.84 Å². The van der Waals surface area contributed by atoms with Gasteiger partial charge in [-0.2, -0.15) is 0 Å². The molecule has 3 aromatic rings. The highest BCUT2D eigenvalue weighted by Crippen LogP contribution is 2.36. The van der Waals surface area contributed by atoms with Gasteiger partial charge in [-0.1, -0.05) is 30.3 Å². The van der Waals surface area contributed by atoms with Crippen molar-refractivity contribution in [3.05, 3.63) is 69.9 Å². The molecule has 2 aromatic carbocycles. The van der Waals surface area contributed by atoms with Gasteiger partial charge in [0.05, 0.1) is 19.1 Å². The van der Waals surface area contributed by atoms with Crippen molar-refractivity contribution in [3.63, 3.8) is 0 Å². The standard InChI is InChI=1S/C20H18FNO3S/c1-12-11-22-20(26-12)15(10-18(23)24)13-5-3-6-14(9-13)19-16(21)7-4-8-17(19)25-2/h3-9,11,15H,10H2,1-2H3,(H,23,24). The normalized spacial score (nSPS) is 12.0. The molecule has 0 aliphatic carbocycles. The summed E-state index contributed by atoms with van der Waals surface area (Å²) >= 11 is 1.47. The fraction of sp³-hybridized carbons (Fsp3) is 0.200. The molecular formula is C20H18FNO3S. The molecule has 1 unspecified atom stereocenters. The summed E-state index contributed by atoms with van der Waals surface area (Å²) in [5.41, 5.74) is 1.78. The van der Waals surface area contributed by atoms with Crippen molar-refractivity contribution in [1.29, 1.82) is 0 Å². The largest absolute Gasteiger partial charge is 0.496 e. The van der Waals surface area contributed by atoms with Gasteiger partial charge in [0.1, 0.15) is 16.6 Å². The summed E-state index contributed by atoms with van der Waals surface area (Å²) < 4.78 is 19.7. The minimum atomic E-state index is -0.906. The van der Waals surface area contributed by atoms with Crippen LogP contribution in [0.3, 0.4) is 0 Å². The molecule has 1 N–H and O–H groups in total. The maximum absolute atomic E-state index is 14.4. The lowest BCUT2D eigenvalue weighted by atomic mass is 9.92. The Hall–Kier alpha value is -2.73. The number of benzene rings is 2. The number of methoxy groups -OCH3 is 1. The van der Waals surface area contributed by atoms with Crippen LogP contribution in [0, 0.1) is 12.7 Å². The lowest BCUT2D eigenvalue weighted by Gasteiger charge is -2.15. The van der Waals surface area contributed by atoms with E-state index in [1.54, 1.807) is 30.5 Å². The van der Waals surface area contributed by atoms with E-state index >= 15 is 0 Å². The molecule has 0 radical (unpaired) electrons. The molecule has 4 nitrogen and oxygen atoms in total. The number of carbonyl (C=O) groups is 1. The molecule has 0 spiro atoms. The number of hydrogen-bond acceptors (Lipinski definition) is 4. The zero-order chi connectivity index (χ0) is 18.7. The quantitative estimate of drug-likeness (QED) is 0.671. The monoisotopic (exact) mass is 371 g/mol. The van der Waals surface area contributed by atoms with Crippen LogP contribution in [0.15, 0.2) is 48.7 Å². The number of hydrogen-bond donors (Lipinski definition) is 1. The van der Waals surface area contributed by atoms with Gasteiger partial charge in [-0.15, -0.1) is 11.3 Å². The molecule has 0 fully saturated rings. The molecule has 3 rings (SSSR count). The predicted molar refractivity (Wildman–Crippen MR) is 99.3 cm³/mol. The maximum Gasteiger partial charge on any atom is 0.304 e. The number of halogens is 1. The highest BCUT2D eigenvalue weighted by atomic mass is 32.1. The van der Waals surface area contributed by atoms with Crippen LogP contribution in [0.4, 0.5) is 4.39 Å². The predicted octanol–water partition coefficient (Wildman–Crippen LogP) is 4.87. The number of aliphatic carboxylic acids is 1. The van der Waals surface area contributed by atoms with E-state index in [0.717, 1.165) is 15.4 Å². The molecule has 0 aliphatic rings. The van der Waals surface area contributed by atoms with Crippen molar-refractivity contribution in [1.82, 2.24) is 4.98 Å². The second-order valence-electron chi connectivity index (χ2n) is 5.90. The fourth-order valence-corrected chi connectivity index (χ4v) is 3.82. The molecule has 26 heavy (non-hydrogen) atoms. The van der Waals surface area contributed by atoms with Gasteiger partial charge in [-0.3, -0.25) is 4.79 Å². The molecule has 0 aliphatic heterocycles. The minimum absolute atomic E-state index is 0.0786. The number of aryl methyl sites for hydroxylation is 1. The molecule has 1 aromatic heterocycles. The first-order chi connectivity index (χ1) is 12.5. The van der Waals surface area contributed by atoms with E-state index in [1.165, 1.54) is 24.5 Å². The van der Waals surface area contributed by atoms with E-state index in [-0.39, 0.29) is 18.2 Å². The van der Waals surface area contributed by atoms with Crippen molar-refractivity contribution in [2.75, 3.05) is 7.11 Å². The molecule has 0 amide bonds. The number of nitrogens with zero attached hydrogens (tertiary/aromatic N) is 1. The molecular weight excluding hydrogens is 353 g/mol. The fourth-order valence-electron chi connectivity index (χ4n) is 2.92. The van der Waals surface area contributed by atoms with E-state index in [9.17, 15) is 14.3 Å². The van der Waals surface area contributed by atoms with Crippen LogP contribution in [0.5, 0.6) is 5.75 Å². The third-order valence-electron chi connectivity index (χ3n) is 4.09. The summed E-state index contributed by atoms with van der Waals surface area (Å²) in [5, 5.41) is 10.1. The van der Waals surface area contributed by atoms with Crippen LogP contribution in [0.2, 0.25) is 0 Å². The Balaban J connectivity index is 2.09. The summed E-state index contributed by atoms with van der Waals surface area (Å²) in [4.78, 5) is 16.7. The zero-order valence-corrected chi connectivity index (χ0v) is 15.2. The van der Waals surface area contributed by atoms with Crippen molar-refractivity contribution in [3.8, 4) is 16.9 Å². The molecule has 1 heterocycles. The Morgan fingerprint density at radius 3 is 2.73 bits per heavy atom. The number of aromatic nitrogens is 1. The van der Waals surface area contributed by atoms with Crippen LogP contribution in [-0.2, 0) is 4.79 Å². The van der Waals surface area contributed by atoms with E-state index in [2.05, 4.69) is 4.98 Å². The van der Waals surface area contributed by atoms with Crippen LogP contribution in [-0.4, -0.2) is 23.2 Å². The second kappa shape index (κ2) is 7.66. The first kappa shape index (κ1) is 18.1. The van der Waals surface area contributed by atoms with Crippen molar-refractivity contribution >= 4 is 17.3 Å². The Kier molecular flexibility index (Phi) is 5.32. The van der Waals surface area contributed by atoms with Gasteiger partial charge in [-0.05, 0) is 30.2 Å². The van der Waals surface area contributed by atoms with Gasteiger partial charge in [0.15, 0.2) is 0 Å². The number of ether oxygens (including phenoxy) is 1. The molecule has 0 saturated carbocycles. The summed E-state index contributed by atoms with van der Waals surface area (Å²) in [7, 11) is 1.49. The van der Waals surface area contributed by atoms with Crippen LogP contribution in [0.1, 0.15) is 27.8 Å². The number of carboxylic acid groups (broad SMARTS) is 1. The van der Waals surface area contributed by atoms with Gasteiger partial charge in [0.25, 0.3) is 0 Å². The molecule has 1 atom stereocenters. The van der Waals surface area contributed by atoms with E-state index in [0.29, 0.717) is 16.9 Å². The average molecular weight is 371 g/mol. The summed E-state index contributed by atoms with van der Waals surface area (Å²) in [6.07, 6.45) is 1.66. The first-order valence-corrected chi connectivity index (χ1v) is 8.88. The second-order valence-corrected chi connectivity index (χ2v) is 7.17. The van der Waals surface area contributed by atoms with Crippen LogP contribution in [0.25, 0.3) is 11.1 Å². The van der Waals surface area contributed by atoms with Gasteiger partial charge >= 0.3 is 5.97 Å². The number of rotatable bonds is 6. The smallest absolute Gasteiger partial charge is 0.304 e. The number of thiazole rings is 1. The molecule has 0 saturated heterocycles. The molecule has 0 bridgehead atoms. The minimum Gasteiger partial charge on any atom is -0.496 e. The Morgan fingerprint density at radius 1 is 1.31 bits per heavy atom. The van der Waals surface area contributed by atoms with Crippen molar-refractivity contribution in [2.45, 2.75) is 19.3 Å². The molecule has 134 valence electrons. The highest BCUT2D eigenvalue weighted by Gasteiger charge is 2.22. The maximum atomic E-state index is 14.4. The summed E-state index contributed by atoms with van der Waals surface area (Å²) in [6.45, 7) is 1.93. The van der Waals surface area contributed by atoms with Gasteiger partial charge in [-0.25, -0.2) is 9.37 Å². The Bertz CT molecular complexity index is 938. The topological polar surface area (TPSA) is 59.4 Å². The Labute approximate surface area is 154 Å². The van der Waals surface area contributed by atoms with Gasteiger partial charge in [0.2, 0.25) is 0 Å². The first-order valence-electron chi connectivity index (χ1n) is 8.06. The number of carboxylic acids is 1. The molecule has 6 heteroatoms. The third kappa shape index (κ3) is 3.75. The average Bonchev–Trinajstić information content (AvgIpc) is 3.05. The van der Waals surface area contributed by atoms with Crippen molar-refractivity contribution in [2.24, 2.45) is 0 Å². The lowest BCUT2D eigenvalue weighted by Crippen LogP contribution is -2.08. The summed E-state index contributed by atoms with van der Waals surface area (Å²) in [5.74, 6) is -1.25. The summed E-state index contributed by atoms with van der Waals surface area (Å²) in [6, 6.07) is 11.9. The van der Waals surface area contributed by atoms with E-state index < -0.39 is 5.97 Å². The lowest BCUT2D eigenvalue weighted by molar-refractivity contribution is -0.137. The Morgan fingerprint density at radius 2 is 2.08 bits per heavy atom. The third-order valence-corrected chi connectivity index (χ3v) is 5.12. The highest BCUT2D eigenvalue weighted by molar-refractivity contribution is 7.11. The SMILES string of the molecule is COc1cccc(F)c1-c1cccc(C(CC(=O)O)c2ncc(C)s2)c1.